The van der Waals surface area contributed by atoms with Crippen LogP contribution in [0.15, 0.2) is 83.0 Å². The third kappa shape index (κ3) is 3.98. The maximum Gasteiger partial charge on any atom is 0.211 e. The van der Waals surface area contributed by atoms with Crippen LogP contribution in [-0.4, -0.2) is 10.8 Å². The van der Waals surface area contributed by atoms with Crippen molar-refractivity contribution >= 4 is 51.0 Å². The van der Waals surface area contributed by atoms with Crippen LogP contribution in [0.25, 0.3) is 10.2 Å². The van der Waals surface area contributed by atoms with Gasteiger partial charge in [-0.15, -0.1) is 5.10 Å². The maximum atomic E-state index is 6.19. The summed E-state index contributed by atoms with van der Waals surface area (Å²) < 4.78 is 3.33. The lowest BCUT2D eigenvalue weighted by Gasteiger charge is -2.05. The molecule has 0 N–H and O–H groups in total. The molecule has 0 atom stereocenters. The van der Waals surface area contributed by atoms with Crippen LogP contribution in [0.3, 0.4) is 0 Å². The van der Waals surface area contributed by atoms with Crippen LogP contribution < -0.4 is 4.80 Å². The number of halogens is 2. The second kappa shape index (κ2) is 8.09. The van der Waals surface area contributed by atoms with Gasteiger partial charge in [0.15, 0.2) is 0 Å². The quantitative estimate of drug-likeness (QED) is 0.291. The molecular weight excluding hydrogens is 397 g/mol. The van der Waals surface area contributed by atoms with Gasteiger partial charge in [-0.05, 0) is 29.8 Å². The van der Waals surface area contributed by atoms with E-state index < -0.39 is 0 Å². The average molecular weight is 412 g/mol. The Labute approximate surface area is 170 Å². The zero-order valence-electron chi connectivity index (χ0n) is 14.2. The van der Waals surface area contributed by atoms with Crippen LogP contribution in [0.4, 0.5) is 0 Å². The first-order chi connectivity index (χ1) is 13.2. The normalized spacial score (nSPS) is 12.3. The van der Waals surface area contributed by atoms with Gasteiger partial charge in [-0.1, -0.05) is 83.1 Å². The minimum absolute atomic E-state index is 0.551. The first kappa shape index (κ1) is 18.0. The highest BCUT2D eigenvalue weighted by molar-refractivity contribution is 7.16. The molecule has 1 aromatic heterocycles. The number of hydrogen-bond acceptors (Lipinski definition) is 3. The fraction of sp³-hybridized carbons (Fsp3) is 0.0476. The molecule has 0 aliphatic heterocycles. The Morgan fingerprint density at radius 2 is 1.56 bits per heavy atom. The van der Waals surface area contributed by atoms with Crippen molar-refractivity contribution < 1.29 is 0 Å². The summed E-state index contributed by atoms with van der Waals surface area (Å²) in [7, 11) is 0. The average Bonchev–Trinajstić information content (AvgIpc) is 3.02. The Balaban J connectivity index is 1.78. The fourth-order valence-corrected chi connectivity index (χ4v) is 4.27. The first-order valence-electron chi connectivity index (χ1n) is 8.36. The number of benzene rings is 3. The number of fused-ring (bicyclic) bond motifs is 1. The molecule has 3 aromatic carbocycles. The van der Waals surface area contributed by atoms with Crippen LogP contribution in [0.1, 0.15) is 11.1 Å². The topological polar surface area (TPSA) is 29.6 Å². The van der Waals surface area contributed by atoms with Crippen molar-refractivity contribution in [2.24, 2.45) is 10.2 Å². The van der Waals surface area contributed by atoms with E-state index in [1.807, 2.05) is 30.3 Å². The van der Waals surface area contributed by atoms with Gasteiger partial charge in [-0.2, -0.15) is 5.10 Å². The van der Waals surface area contributed by atoms with Crippen LogP contribution >= 0.6 is 34.5 Å². The SMILES string of the molecule is Clc1cccc(Cl)c1/C=N\N=c1/sc2ccccc2n1Cc1ccccc1. The highest BCUT2D eigenvalue weighted by Crippen LogP contribution is 2.22. The third-order valence-electron chi connectivity index (χ3n) is 4.10. The second-order valence-corrected chi connectivity index (χ2v) is 7.73. The highest BCUT2D eigenvalue weighted by Gasteiger charge is 2.06. The predicted octanol–water partition coefficient (Wildman–Crippen LogP) is 5.99. The lowest BCUT2D eigenvalue weighted by molar-refractivity contribution is 0.789. The van der Waals surface area contributed by atoms with Gasteiger partial charge in [0.05, 0.1) is 33.0 Å². The summed E-state index contributed by atoms with van der Waals surface area (Å²) in [5.74, 6) is 0. The zero-order chi connectivity index (χ0) is 18.6. The number of aromatic nitrogens is 1. The van der Waals surface area contributed by atoms with Crippen molar-refractivity contribution in [2.45, 2.75) is 6.54 Å². The predicted molar refractivity (Wildman–Crippen MR) is 115 cm³/mol. The van der Waals surface area contributed by atoms with E-state index in [1.54, 1.807) is 35.8 Å². The molecule has 0 unspecified atom stereocenters. The van der Waals surface area contributed by atoms with Crippen LogP contribution in [0.5, 0.6) is 0 Å². The highest BCUT2D eigenvalue weighted by atomic mass is 35.5. The number of rotatable bonds is 4. The Morgan fingerprint density at radius 1 is 0.852 bits per heavy atom. The van der Waals surface area contributed by atoms with E-state index in [2.05, 4.69) is 39.0 Å². The van der Waals surface area contributed by atoms with Gasteiger partial charge in [0.25, 0.3) is 0 Å². The van der Waals surface area contributed by atoms with E-state index >= 15 is 0 Å². The Kier molecular flexibility index (Phi) is 5.39. The summed E-state index contributed by atoms with van der Waals surface area (Å²) in [6.07, 6.45) is 1.60. The number of hydrogen-bond donors (Lipinski definition) is 0. The number of para-hydroxylation sites is 1. The van der Waals surface area contributed by atoms with Crippen molar-refractivity contribution in [3.63, 3.8) is 0 Å². The number of nitrogens with zero attached hydrogens (tertiary/aromatic N) is 3. The van der Waals surface area contributed by atoms with Gasteiger partial charge in [-0.3, -0.25) is 0 Å². The molecule has 0 aliphatic carbocycles. The van der Waals surface area contributed by atoms with E-state index in [4.69, 9.17) is 23.2 Å². The molecule has 0 bridgehead atoms. The largest absolute Gasteiger partial charge is 0.311 e. The smallest absolute Gasteiger partial charge is 0.211 e. The third-order valence-corrected chi connectivity index (χ3v) is 5.81. The van der Waals surface area contributed by atoms with Crippen LogP contribution in [-0.2, 0) is 6.54 Å². The van der Waals surface area contributed by atoms with Crippen molar-refractivity contribution in [2.75, 3.05) is 0 Å². The minimum Gasteiger partial charge on any atom is -0.311 e. The summed E-state index contributed by atoms with van der Waals surface area (Å²) in [6, 6.07) is 23.9. The van der Waals surface area contributed by atoms with E-state index in [0.717, 1.165) is 21.6 Å². The van der Waals surface area contributed by atoms with Crippen molar-refractivity contribution in [1.82, 2.24) is 4.57 Å². The standard InChI is InChI=1S/C21H15Cl2N3S/c22-17-9-6-10-18(23)16(17)13-24-25-21-26(14-15-7-2-1-3-8-15)19-11-4-5-12-20(19)27-21/h1-13H,14H2/b24-13-,25-21-. The van der Waals surface area contributed by atoms with Crippen molar-refractivity contribution in [3.8, 4) is 0 Å². The van der Waals surface area contributed by atoms with E-state index in [9.17, 15) is 0 Å². The number of thiazole rings is 1. The van der Waals surface area contributed by atoms with Gasteiger partial charge < -0.3 is 4.57 Å². The second-order valence-electron chi connectivity index (χ2n) is 5.90. The van der Waals surface area contributed by atoms with Gasteiger partial charge >= 0.3 is 0 Å². The van der Waals surface area contributed by atoms with Crippen LogP contribution in [0.2, 0.25) is 10.0 Å². The summed E-state index contributed by atoms with van der Waals surface area (Å²) in [5.41, 5.74) is 3.01. The summed E-state index contributed by atoms with van der Waals surface area (Å²) in [6.45, 7) is 0.728. The molecular formula is C21H15Cl2N3S. The van der Waals surface area contributed by atoms with E-state index in [1.165, 1.54) is 5.56 Å². The lowest BCUT2D eigenvalue weighted by atomic mass is 10.2. The molecule has 6 heteroatoms. The molecule has 0 saturated heterocycles. The zero-order valence-corrected chi connectivity index (χ0v) is 16.5. The molecule has 0 spiro atoms. The van der Waals surface area contributed by atoms with Gasteiger partial charge in [0, 0.05) is 5.56 Å². The molecule has 0 fully saturated rings. The summed E-state index contributed by atoms with van der Waals surface area (Å²) >= 11 is 14.0. The minimum atomic E-state index is 0.551. The van der Waals surface area contributed by atoms with E-state index in [-0.39, 0.29) is 0 Å². The molecule has 0 aliphatic rings. The molecule has 4 aromatic rings. The maximum absolute atomic E-state index is 6.19. The molecule has 0 saturated carbocycles. The summed E-state index contributed by atoms with van der Waals surface area (Å²) in [5, 5.41) is 9.80. The molecule has 0 radical (unpaired) electrons. The monoisotopic (exact) mass is 411 g/mol. The Morgan fingerprint density at radius 3 is 2.33 bits per heavy atom. The first-order valence-corrected chi connectivity index (χ1v) is 9.93. The Hall–Kier alpha value is -2.40. The van der Waals surface area contributed by atoms with Gasteiger partial charge in [0.1, 0.15) is 0 Å². The fourth-order valence-electron chi connectivity index (χ4n) is 2.79. The molecule has 3 nitrogen and oxygen atoms in total. The molecule has 0 amide bonds. The Bertz CT molecular complexity index is 1160. The van der Waals surface area contributed by atoms with Crippen molar-refractivity contribution in [1.29, 1.82) is 0 Å². The molecule has 4 rings (SSSR count). The van der Waals surface area contributed by atoms with Crippen LogP contribution in [0, 0.1) is 0 Å². The van der Waals surface area contributed by atoms with Crippen molar-refractivity contribution in [3.05, 3.63) is 98.8 Å². The molecule has 27 heavy (non-hydrogen) atoms. The van der Waals surface area contributed by atoms with Gasteiger partial charge in [0.2, 0.25) is 4.80 Å². The van der Waals surface area contributed by atoms with Gasteiger partial charge in [-0.25, -0.2) is 0 Å². The lowest BCUT2D eigenvalue weighted by Crippen LogP contribution is -2.15. The molecule has 1 heterocycles. The molecule has 134 valence electrons. The van der Waals surface area contributed by atoms with E-state index in [0.29, 0.717) is 15.6 Å². The summed E-state index contributed by atoms with van der Waals surface area (Å²) in [4.78, 5) is 0.819.